The molecule has 2 aliphatic heterocycles. The maximum absolute atomic E-state index is 12.9. The fourth-order valence-electron chi connectivity index (χ4n) is 4.40. The summed E-state index contributed by atoms with van der Waals surface area (Å²) in [4.78, 5) is 35.9. The van der Waals surface area contributed by atoms with Crippen LogP contribution >= 0.6 is 0 Å². The number of carbonyl (C=O) groups is 2. The van der Waals surface area contributed by atoms with E-state index in [4.69, 9.17) is 4.74 Å². The molecule has 1 N–H and O–H groups in total. The molecule has 1 saturated heterocycles. The standard InChI is InChI=1S/C25H32N4O3/c1-17(2)24-27-14-21(15-28-24)25(31)29-9-3-5-19(16-29)12-23(30)26-13-18-7-8-22-20(11-18)6-4-10-32-22/h7-8,11,14-15,17,19H,3-6,9-10,12-13,16H2,1-2H3,(H,26,30)/t19-/m0/s1. The van der Waals surface area contributed by atoms with Crippen molar-refractivity contribution in [1.29, 1.82) is 0 Å². The average molecular weight is 437 g/mol. The van der Waals surface area contributed by atoms with Crippen molar-refractivity contribution in [2.75, 3.05) is 19.7 Å². The number of aromatic nitrogens is 2. The van der Waals surface area contributed by atoms with Gasteiger partial charge in [0.25, 0.3) is 5.91 Å². The SMILES string of the molecule is CC(C)c1ncc(C(=O)N2CCC[C@@H](CC(=O)NCc3ccc4c(c3)CCCO4)C2)cn1. The molecule has 7 heteroatoms. The Hall–Kier alpha value is -2.96. The van der Waals surface area contributed by atoms with Gasteiger partial charge in [0.2, 0.25) is 5.91 Å². The fraction of sp³-hybridized carbons (Fsp3) is 0.520. The smallest absolute Gasteiger partial charge is 0.256 e. The quantitative estimate of drug-likeness (QED) is 0.749. The van der Waals surface area contributed by atoms with Gasteiger partial charge < -0.3 is 15.0 Å². The number of likely N-dealkylation sites (tertiary alicyclic amines) is 1. The molecule has 3 heterocycles. The van der Waals surface area contributed by atoms with Crippen molar-refractivity contribution >= 4 is 11.8 Å². The van der Waals surface area contributed by atoms with Crippen LogP contribution in [0.5, 0.6) is 5.75 Å². The fourth-order valence-corrected chi connectivity index (χ4v) is 4.40. The molecule has 4 rings (SSSR count). The van der Waals surface area contributed by atoms with Gasteiger partial charge in [-0.1, -0.05) is 26.0 Å². The van der Waals surface area contributed by atoms with E-state index < -0.39 is 0 Å². The first-order valence-corrected chi connectivity index (χ1v) is 11.6. The second-order valence-corrected chi connectivity index (χ2v) is 9.12. The van der Waals surface area contributed by atoms with E-state index in [9.17, 15) is 9.59 Å². The molecule has 2 aliphatic rings. The first-order chi connectivity index (χ1) is 15.5. The number of ether oxygens (including phenoxy) is 1. The molecule has 0 bridgehead atoms. The zero-order chi connectivity index (χ0) is 22.5. The third-order valence-corrected chi connectivity index (χ3v) is 6.18. The van der Waals surface area contributed by atoms with Crippen LogP contribution in [0.2, 0.25) is 0 Å². The maximum atomic E-state index is 12.9. The molecule has 1 fully saturated rings. The van der Waals surface area contributed by atoms with Crippen molar-refractivity contribution in [1.82, 2.24) is 20.2 Å². The van der Waals surface area contributed by atoms with Gasteiger partial charge in [-0.05, 0) is 48.8 Å². The van der Waals surface area contributed by atoms with Crippen LogP contribution in [0.4, 0.5) is 0 Å². The van der Waals surface area contributed by atoms with Gasteiger partial charge in [-0.25, -0.2) is 9.97 Å². The van der Waals surface area contributed by atoms with Crippen molar-refractivity contribution in [2.45, 2.75) is 58.4 Å². The van der Waals surface area contributed by atoms with E-state index in [1.165, 1.54) is 5.56 Å². The van der Waals surface area contributed by atoms with Gasteiger partial charge in [-0.2, -0.15) is 0 Å². The van der Waals surface area contributed by atoms with Crippen molar-refractivity contribution in [2.24, 2.45) is 5.92 Å². The van der Waals surface area contributed by atoms with E-state index in [1.807, 2.05) is 30.9 Å². The van der Waals surface area contributed by atoms with Crippen LogP contribution in [0.15, 0.2) is 30.6 Å². The summed E-state index contributed by atoms with van der Waals surface area (Å²) in [6, 6.07) is 6.14. The Bertz CT molecular complexity index is 958. The van der Waals surface area contributed by atoms with E-state index in [-0.39, 0.29) is 23.7 Å². The number of fused-ring (bicyclic) bond motifs is 1. The molecule has 2 amide bonds. The molecule has 0 radical (unpaired) electrons. The molecule has 2 aromatic rings. The molecule has 170 valence electrons. The number of hydrogen-bond acceptors (Lipinski definition) is 5. The van der Waals surface area contributed by atoms with Crippen LogP contribution in [0.1, 0.15) is 72.8 Å². The molecular formula is C25H32N4O3. The summed E-state index contributed by atoms with van der Waals surface area (Å²) in [7, 11) is 0. The van der Waals surface area contributed by atoms with E-state index in [0.717, 1.165) is 49.4 Å². The number of nitrogens with one attached hydrogen (secondary N) is 1. The molecule has 0 aliphatic carbocycles. The monoisotopic (exact) mass is 436 g/mol. The molecule has 1 aromatic carbocycles. The third-order valence-electron chi connectivity index (χ3n) is 6.18. The van der Waals surface area contributed by atoms with Crippen LogP contribution in [0.25, 0.3) is 0 Å². The summed E-state index contributed by atoms with van der Waals surface area (Å²) in [5, 5.41) is 3.04. The highest BCUT2D eigenvalue weighted by atomic mass is 16.5. The van der Waals surface area contributed by atoms with E-state index in [0.29, 0.717) is 31.6 Å². The lowest BCUT2D eigenvalue weighted by molar-refractivity contribution is -0.122. The number of benzene rings is 1. The lowest BCUT2D eigenvalue weighted by atomic mass is 9.94. The summed E-state index contributed by atoms with van der Waals surface area (Å²) >= 11 is 0. The van der Waals surface area contributed by atoms with Gasteiger partial charge in [0.05, 0.1) is 12.2 Å². The molecule has 0 saturated carbocycles. The highest BCUT2D eigenvalue weighted by Gasteiger charge is 2.26. The lowest BCUT2D eigenvalue weighted by Crippen LogP contribution is -2.41. The Morgan fingerprint density at radius 1 is 1.22 bits per heavy atom. The minimum Gasteiger partial charge on any atom is -0.493 e. The first kappa shape index (κ1) is 22.2. The zero-order valence-corrected chi connectivity index (χ0v) is 19.0. The Labute approximate surface area is 189 Å². The van der Waals surface area contributed by atoms with E-state index in [1.54, 1.807) is 12.4 Å². The highest BCUT2D eigenvalue weighted by molar-refractivity contribution is 5.93. The van der Waals surface area contributed by atoms with Gasteiger partial charge in [0, 0.05) is 44.4 Å². The van der Waals surface area contributed by atoms with Crippen molar-refractivity contribution in [3.8, 4) is 5.75 Å². The second-order valence-electron chi connectivity index (χ2n) is 9.12. The largest absolute Gasteiger partial charge is 0.493 e. The molecule has 7 nitrogen and oxygen atoms in total. The van der Waals surface area contributed by atoms with E-state index in [2.05, 4.69) is 21.4 Å². The van der Waals surface area contributed by atoms with Gasteiger partial charge >= 0.3 is 0 Å². The summed E-state index contributed by atoms with van der Waals surface area (Å²) in [6.45, 7) is 6.64. The minimum atomic E-state index is -0.0540. The van der Waals surface area contributed by atoms with Crippen molar-refractivity contribution in [3.63, 3.8) is 0 Å². The average Bonchev–Trinajstić information content (AvgIpc) is 2.82. The van der Waals surface area contributed by atoms with Gasteiger partial charge in [0.15, 0.2) is 0 Å². The molecule has 32 heavy (non-hydrogen) atoms. The van der Waals surface area contributed by atoms with Gasteiger partial charge in [-0.3, -0.25) is 9.59 Å². The predicted molar refractivity (Wildman–Crippen MR) is 121 cm³/mol. The normalized spacial score (nSPS) is 18.1. The van der Waals surface area contributed by atoms with Gasteiger partial charge in [-0.15, -0.1) is 0 Å². The summed E-state index contributed by atoms with van der Waals surface area (Å²) < 4.78 is 5.65. The number of carbonyl (C=O) groups excluding carboxylic acids is 2. The molecule has 1 aromatic heterocycles. The Kier molecular flexibility index (Phi) is 7.02. The maximum Gasteiger partial charge on any atom is 0.256 e. The highest BCUT2D eigenvalue weighted by Crippen LogP contribution is 2.26. The first-order valence-electron chi connectivity index (χ1n) is 11.6. The lowest BCUT2D eigenvalue weighted by Gasteiger charge is -2.32. The zero-order valence-electron chi connectivity index (χ0n) is 19.0. The van der Waals surface area contributed by atoms with Crippen LogP contribution in [-0.4, -0.2) is 46.4 Å². The summed E-state index contributed by atoms with van der Waals surface area (Å²) in [6.07, 6.45) is 7.58. The van der Waals surface area contributed by atoms with Crippen LogP contribution in [-0.2, 0) is 17.8 Å². The van der Waals surface area contributed by atoms with Crippen LogP contribution in [0.3, 0.4) is 0 Å². The summed E-state index contributed by atoms with van der Waals surface area (Å²) in [5.74, 6) is 2.07. The number of rotatable bonds is 6. The molecule has 0 spiro atoms. The molecular weight excluding hydrogens is 404 g/mol. The van der Waals surface area contributed by atoms with Crippen LogP contribution in [0, 0.1) is 5.92 Å². The summed E-state index contributed by atoms with van der Waals surface area (Å²) in [5.41, 5.74) is 2.82. The second kappa shape index (κ2) is 10.1. The number of amides is 2. The number of piperidine rings is 1. The topological polar surface area (TPSA) is 84.4 Å². The number of aryl methyl sites for hydroxylation is 1. The third kappa shape index (κ3) is 5.44. The Morgan fingerprint density at radius 3 is 2.81 bits per heavy atom. The van der Waals surface area contributed by atoms with Crippen LogP contribution < -0.4 is 10.1 Å². The Morgan fingerprint density at radius 2 is 2.03 bits per heavy atom. The Balaban J connectivity index is 1.28. The minimum absolute atomic E-state index is 0.0305. The van der Waals surface area contributed by atoms with Gasteiger partial charge in [0.1, 0.15) is 11.6 Å². The molecule has 1 atom stereocenters. The number of nitrogens with zero attached hydrogens (tertiary/aromatic N) is 3. The van der Waals surface area contributed by atoms with E-state index >= 15 is 0 Å². The number of hydrogen-bond donors (Lipinski definition) is 1. The predicted octanol–water partition coefficient (Wildman–Crippen LogP) is 3.48. The van der Waals surface area contributed by atoms with Crippen molar-refractivity contribution in [3.05, 3.63) is 53.1 Å². The molecule has 0 unspecified atom stereocenters. The van der Waals surface area contributed by atoms with Crippen molar-refractivity contribution < 1.29 is 14.3 Å².